The number of benzene rings is 3. The van der Waals surface area contributed by atoms with E-state index in [0.717, 1.165) is 11.3 Å². The lowest BCUT2D eigenvalue weighted by Crippen LogP contribution is -2.12. The minimum absolute atomic E-state index is 0.152. The predicted molar refractivity (Wildman–Crippen MR) is 128 cm³/mol. The SMILES string of the molecule is CCOc1ccc(NC(=O)c2cn(Cc3ccc(NC(=O)c4ccccc4)cc3)cn2)cc1. The van der Waals surface area contributed by atoms with E-state index in [-0.39, 0.29) is 11.8 Å². The largest absolute Gasteiger partial charge is 0.494 e. The van der Waals surface area contributed by atoms with E-state index < -0.39 is 0 Å². The monoisotopic (exact) mass is 440 g/mol. The Hall–Kier alpha value is -4.39. The van der Waals surface area contributed by atoms with Crippen molar-refractivity contribution >= 4 is 23.2 Å². The number of aromatic nitrogens is 2. The van der Waals surface area contributed by atoms with Crippen molar-refractivity contribution in [1.29, 1.82) is 0 Å². The highest BCUT2D eigenvalue weighted by Crippen LogP contribution is 2.17. The molecule has 0 fully saturated rings. The van der Waals surface area contributed by atoms with Crippen LogP contribution >= 0.6 is 0 Å². The third-order valence-electron chi connectivity index (χ3n) is 4.90. The number of imidazole rings is 1. The molecular weight excluding hydrogens is 416 g/mol. The molecule has 3 aromatic carbocycles. The molecule has 4 rings (SSSR count). The number of ether oxygens (including phenoxy) is 1. The van der Waals surface area contributed by atoms with E-state index in [2.05, 4.69) is 15.6 Å². The third-order valence-corrected chi connectivity index (χ3v) is 4.90. The van der Waals surface area contributed by atoms with Crippen LogP contribution in [0.2, 0.25) is 0 Å². The summed E-state index contributed by atoms with van der Waals surface area (Å²) in [6.45, 7) is 3.06. The Morgan fingerprint density at radius 3 is 2.15 bits per heavy atom. The molecule has 1 aromatic heterocycles. The third kappa shape index (κ3) is 5.86. The van der Waals surface area contributed by atoms with Crippen molar-refractivity contribution in [2.45, 2.75) is 13.5 Å². The number of nitrogens with one attached hydrogen (secondary N) is 2. The maximum Gasteiger partial charge on any atom is 0.275 e. The van der Waals surface area contributed by atoms with Gasteiger partial charge in [0.1, 0.15) is 11.4 Å². The molecule has 0 aliphatic heterocycles. The lowest BCUT2D eigenvalue weighted by Gasteiger charge is -2.07. The fourth-order valence-corrected chi connectivity index (χ4v) is 3.26. The van der Waals surface area contributed by atoms with Gasteiger partial charge in [0, 0.05) is 29.7 Å². The predicted octanol–water partition coefficient (Wildman–Crippen LogP) is 4.83. The van der Waals surface area contributed by atoms with Gasteiger partial charge >= 0.3 is 0 Å². The molecule has 4 aromatic rings. The van der Waals surface area contributed by atoms with Crippen LogP contribution < -0.4 is 15.4 Å². The number of hydrogen-bond donors (Lipinski definition) is 2. The van der Waals surface area contributed by atoms with Gasteiger partial charge in [0.25, 0.3) is 11.8 Å². The summed E-state index contributed by atoms with van der Waals surface area (Å²) in [6, 6.07) is 23.8. The number of amides is 2. The van der Waals surface area contributed by atoms with Crippen molar-refractivity contribution in [1.82, 2.24) is 9.55 Å². The first-order valence-electron chi connectivity index (χ1n) is 10.6. The number of anilines is 2. The zero-order valence-electron chi connectivity index (χ0n) is 18.2. The molecule has 0 aliphatic rings. The zero-order chi connectivity index (χ0) is 23.0. The fourth-order valence-electron chi connectivity index (χ4n) is 3.26. The highest BCUT2D eigenvalue weighted by molar-refractivity contribution is 6.04. The Kier molecular flexibility index (Phi) is 6.80. The van der Waals surface area contributed by atoms with E-state index in [1.165, 1.54) is 0 Å². The normalized spacial score (nSPS) is 10.5. The molecule has 2 amide bonds. The highest BCUT2D eigenvalue weighted by atomic mass is 16.5. The molecule has 0 aliphatic carbocycles. The van der Waals surface area contributed by atoms with Crippen molar-refractivity contribution in [2.24, 2.45) is 0 Å². The summed E-state index contributed by atoms with van der Waals surface area (Å²) >= 11 is 0. The summed E-state index contributed by atoms with van der Waals surface area (Å²) in [5, 5.41) is 5.72. The van der Waals surface area contributed by atoms with Crippen LogP contribution in [0.1, 0.15) is 33.3 Å². The summed E-state index contributed by atoms with van der Waals surface area (Å²) < 4.78 is 7.25. The van der Waals surface area contributed by atoms with E-state index in [1.807, 2.05) is 66.1 Å². The van der Waals surface area contributed by atoms with Gasteiger partial charge in [-0.1, -0.05) is 30.3 Å². The van der Waals surface area contributed by atoms with Crippen LogP contribution in [-0.2, 0) is 6.54 Å². The molecule has 7 nitrogen and oxygen atoms in total. The molecule has 2 N–H and O–H groups in total. The molecule has 0 radical (unpaired) electrons. The summed E-state index contributed by atoms with van der Waals surface area (Å²) in [5.41, 5.74) is 3.34. The smallest absolute Gasteiger partial charge is 0.275 e. The number of hydrogen-bond acceptors (Lipinski definition) is 4. The molecule has 0 spiro atoms. The molecule has 33 heavy (non-hydrogen) atoms. The van der Waals surface area contributed by atoms with Crippen molar-refractivity contribution in [2.75, 3.05) is 17.2 Å². The van der Waals surface area contributed by atoms with Crippen LogP contribution in [0.25, 0.3) is 0 Å². The Morgan fingerprint density at radius 2 is 1.48 bits per heavy atom. The van der Waals surface area contributed by atoms with E-state index >= 15 is 0 Å². The fraction of sp³-hybridized carbons (Fsp3) is 0.115. The van der Waals surface area contributed by atoms with Crippen molar-refractivity contribution in [3.8, 4) is 5.75 Å². The Morgan fingerprint density at radius 1 is 0.848 bits per heavy atom. The molecule has 1 heterocycles. The number of nitrogens with zero attached hydrogens (tertiary/aromatic N) is 2. The van der Waals surface area contributed by atoms with Crippen LogP contribution in [0, 0.1) is 0 Å². The van der Waals surface area contributed by atoms with Crippen LogP contribution in [-0.4, -0.2) is 28.0 Å². The Bertz CT molecular complexity index is 1220. The molecule has 0 bridgehead atoms. The van der Waals surface area contributed by atoms with Gasteiger partial charge in [-0.15, -0.1) is 0 Å². The second kappa shape index (κ2) is 10.3. The van der Waals surface area contributed by atoms with Gasteiger partial charge in [-0.2, -0.15) is 0 Å². The Labute approximate surface area is 192 Å². The van der Waals surface area contributed by atoms with Gasteiger partial charge < -0.3 is 19.9 Å². The van der Waals surface area contributed by atoms with Crippen molar-refractivity contribution in [3.63, 3.8) is 0 Å². The molecular formula is C26H24N4O3. The molecule has 0 saturated heterocycles. The zero-order valence-corrected chi connectivity index (χ0v) is 18.2. The van der Waals surface area contributed by atoms with E-state index in [1.54, 1.807) is 36.8 Å². The molecule has 0 unspecified atom stereocenters. The number of carbonyl (C=O) groups excluding carboxylic acids is 2. The van der Waals surface area contributed by atoms with Gasteiger partial charge in [-0.25, -0.2) is 4.98 Å². The number of carbonyl (C=O) groups is 2. The average molecular weight is 441 g/mol. The standard InChI is InChI=1S/C26H24N4O3/c1-2-33-23-14-12-22(13-15-23)29-26(32)24-17-30(18-27-24)16-19-8-10-21(11-9-19)28-25(31)20-6-4-3-5-7-20/h3-15,17-18H,2,16H2,1H3,(H,28,31)(H,29,32). The summed E-state index contributed by atoms with van der Waals surface area (Å²) in [4.78, 5) is 29.0. The van der Waals surface area contributed by atoms with E-state index in [4.69, 9.17) is 4.74 Å². The van der Waals surface area contributed by atoms with Crippen molar-refractivity contribution < 1.29 is 14.3 Å². The van der Waals surface area contributed by atoms with Gasteiger partial charge in [0.15, 0.2) is 0 Å². The second-order valence-electron chi connectivity index (χ2n) is 7.36. The lowest BCUT2D eigenvalue weighted by atomic mass is 10.2. The van der Waals surface area contributed by atoms with Crippen LogP contribution in [0.5, 0.6) is 5.75 Å². The topological polar surface area (TPSA) is 85.2 Å². The molecule has 0 saturated carbocycles. The molecule has 166 valence electrons. The first kappa shape index (κ1) is 21.8. The van der Waals surface area contributed by atoms with Gasteiger partial charge in [-0.3, -0.25) is 9.59 Å². The molecule has 7 heteroatoms. The van der Waals surface area contributed by atoms with Crippen LogP contribution in [0.4, 0.5) is 11.4 Å². The van der Waals surface area contributed by atoms with Crippen LogP contribution in [0.3, 0.4) is 0 Å². The summed E-state index contributed by atoms with van der Waals surface area (Å²) in [6.07, 6.45) is 3.33. The van der Waals surface area contributed by atoms with Gasteiger partial charge in [0.2, 0.25) is 0 Å². The highest BCUT2D eigenvalue weighted by Gasteiger charge is 2.10. The maximum atomic E-state index is 12.5. The van der Waals surface area contributed by atoms with Crippen molar-refractivity contribution in [3.05, 3.63) is 108 Å². The first-order chi connectivity index (χ1) is 16.1. The lowest BCUT2D eigenvalue weighted by molar-refractivity contribution is 0.101. The minimum Gasteiger partial charge on any atom is -0.494 e. The Balaban J connectivity index is 1.33. The summed E-state index contributed by atoms with van der Waals surface area (Å²) in [7, 11) is 0. The van der Waals surface area contributed by atoms with Gasteiger partial charge in [-0.05, 0) is 61.0 Å². The average Bonchev–Trinajstić information content (AvgIpc) is 3.31. The van der Waals surface area contributed by atoms with E-state index in [0.29, 0.717) is 35.8 Å². The maximum absolute atomic E-state index is 12.5. The van der Waals surface area contributed by atoms with Crippen LogP contribution in [0.15, 0.2) is 91.4 Å². The number of rotatable bonds is 8. The second-order valence-corrected chi connectivity index (χ2v) is 7.36. The molecule has 0 atom stereocenters. The van der Waals surface area contributed by atoms with Gasteiger partial charge in [0.05, 0.1) is 12.9 Å². The quantitative estimate of drug-likeness (QED) is 0.411. The first-order valence-corrected chi connectivity index (χ1v) is 10.6. The summed E-state index contributed by atoms with van der Waals surface area (Å²) in [5.74, 6) is 0.323. The van der Waals surface area contributed by atoms with E-state index in [9.17, 15) is 9.59 Å². The minimum atomic E-state index is -0.281.